The number of aliphatic imine (C=N–C) groups is 1. The van der Waals surface area contributed by atoms with Crippen LogP contribution in [0.2, 0.25) is 0 Å². The second-order valence-corrected chi connectivity index (χ2v) is 8.19. The van der Waals surface area contributed by atoms with Crippen LogP contribution in [0.3, 0.4) is 0 Å². The molecule has 0 spiro atoms. The first-order chi connectivity index (χ1) is 13.1. The molecule has 1 aromatic heterocycles. The maximum atomic E-state index is 9.56. The Kier molecular flexibility index (Phi) is 6.52. The Morgan fingerprint density at radius 3 is 2.78 bits per heavy atom. The van der Waals surface area contributed by atoms with Gasteiger partial charge in [0, 0.05) is 11.1 Å². The predicted octanol–water partition coefficient (Wildman–Crippen LogP) is 5.68. The summed E-state index contributed by atoms with van der Waals surface area (Å²) >= 11 is 1.66. The lowest BCUT2D eigenvalue weighted by Gasteiger charge is -2.13. The monoisotopic (exact) mass is 382 g/mol. The smallest absolute Gasteiger partial charge is 0.161 e. The summed E-state index contributed by atoms with van der Waals surface area (Å²) in [6.07, 6.45) is 6.25. The molecule has 5 heteroatoms. The van der Waals surface area contributed by atoms with E-state index >= 15 is 0 Å². The molecule has 1 aliphatic rings. The van der Waals surface area contributed by atoms with Crippen molar-refractivity contribution < 1.29 is 9.47 Å². The van der Waals surface area contributed by atoms with Gasteiger partial charge < -0.3 is 9.47 Å². The van der Waals surface area contributed by atoms with Crippen molar-refractivity contribution in [2.24, 2.45) is 10.9 Å². The third-order valence-electron chi connectivity index (χ3n) is 4.44. The summed E-state index contributed by atoms with van der Waals surface area (Å²) in [7, 11) is 0. The number of hydrogen-bond acceptors (Lipinski definition) is 5. The van der Waals surface area contributed by atoms with Gasteiger partial charge in [0.1, 0.15) is 11.1 Å². The van der Waals surface area contributed by atoms with Crippen LogP contribution < -0.4 is 9.47 Å². The van der Waals surface area contributed by atoms with Gasteiger partial charge in [-0.05, 0) is 67.9 Å². The SMILES string of the molecule is CCOc1cc(C=Nc2sc3c(c2C#N)CCCC3)ccc1OCC(C)C. The molecule has 1 aliphatic carbocycles. The Hall–Kier alpha value is -2.32. The number of fused-ring (bicyclic) bond motifs is 1. The number of benzene rings is 1. The first-order valence-corrected chi connectivity index (χ1v) is 10.4. The molecule has 142 valence electrons. The molecule has 0 saturated heterocycles. The lowest BCUT2D eigenvalue weighted by atomic mass is 9.96. The van der Waals surface area contributed by atoms with E-state index in [1.807, 2.05) is 31.3 Å². The molecule has 27 heavy (non-hydrogen) atoms. The van der Waals surface area contributed by atoms with Gasteiger partial charge in [-0.25, -0.2) is 4.99 Å². The highest BCUT2D eigenvalue weighted by Crippen LogP contribution is 2.39. The van der Waals surface area contributed by atoms with E-state index in [1.54, 1.807) is 11.3 Å². The molecular weight excluding hydrogens is 356 g/mol. The maximum Gasteiger partial charge on any atom is 0.161 e. The average molecular weight is 383 g/mol. The third kappa shape index (κ3) is 4.70. The minimum atomic E-state index is 0.454. The predicted molar refractivity (Wildman–Crippen MR) is 111 cm³/mol. The fourth-order valence-electron chi connectivity index (χ4n) is 3.14. The van der Waals surface area contributed by atoms with Crippen molar-refractivity contribution in [1.29, 1.82) is 5.26 Å². The van der Waals surface area contributed by atoms with Gasteiger partial charge in [-0.2, -0.15) is 5.26 Å². The van der Waals surface area contributed by atoms with E-state index in [0.717, 1.165) is 46.9 Å². The van der Waals surface area contributed by atoms with Crippen molar-refractivity contribution in [3.8, 4) is 17.6 Å². The van der Waals surface area contributed by atoms with Crippen molar-refractivity contribution >= 4 is 22.6 Å². The van der Waals surface area contributed by atoms with Crippen molar-refractivity contribution in [2.75, 3.05) is 13.2 Å². The quantitative estimate of drug-likeness (QED) is 0.579. The minimum Gasteiger partial charge on any atom is -0.490 e. The molecule has 4 nitrogen and oxygen atoms in total. The molecule has 0 amide bonds. The standard InChI is InChI=1S/C22H26N2O2S/c1-4-25-20-11-16(9-10-19(20)26-14-15(2)3)13-24-22-18(12-23)17-7-5-6-8-21(17)27-22/h9-11,13,15H,4-8,14H2,1-3H3. The van der Waals surface area contributed by atoms with Crippen LogP contribution in [0, 0.1) is 17.2 Å². The Balaban J connectivity index is 1.84. The van der Waals surface area contributed by atoms with E-state index in [9.17, 15) is 5.26 Å². The number of ether oxygens (including phenoxy) is 2. The highest BCUT2D eigenvalue weighted by atomic mass is 32.1. The number of aryl methyl sites for hydroxylation is 1. The van der Waals surface area contributed by atoms with Gasteiger partial charge in [0.25, 0.3) is 0 Å². The van der Waals surface area contributed by atoms with Gasteiger partial charge in [0.2, 0.25) is 0 Å². The summed E-state index contributed by atoms with van der Waals surface area (Å²) in [4.78, 5) is 5.96. The van der Waals surface area contributed by atoms with E-state index in [1.165, 1.54) is 16.9 Å². The molecule has 3 rings (SSSR count). The van der Waals surface area contributed by atoms with Crippen molar-refractivity contribution in [3.63, 3.8) is 0 Å². The van der Waals surface area contributed by atoms with E-state index in [0.29, 0.717) is 19.1 Å². The molecule has 0 unspecified atom stereocenters. The second kappa shape index (κ2) is 9.05. The average Bonchev–Trinajstić information content (AvgIpc) is 3.03. The Bertz CT molecular complexity index is 862. The van der Waals surface area contributed by atoms with Crippen LogP contribution in [0.25, 0.3) is 0 Å². The van der Waals surface area contributed by atoms with Gasteiger partial charge in [-0.15, -0.1) is 11.3 Å². The van der Waals surface area contributed by atoms with Crippen molar-refractivity contribution in [2.45, 2.75) is 46.5 Å². The highest BCUT2D eigenvalue weighted by molar-refractivity contribution is 7.16. The normalized spacial score (nSPS) is 13.6. The molecule has 0 atom stereocenters. The summed E-state index contributed by atoms with van der Waals surface area (Å²) in [5.41, 5.74) is 2.91. The van der Waals surface area contributed by atoms with Crippen molar-refractivity contribution in [3.05, 3.63) is 39.8 Å². The summed E-state index contributed by atoms with van der Waals surface area (Å²) in [5, 5.41) is 10.4. The van der Waals surface area contributed by atoms with Crippen molar-refractivity contribution in [1.82, 2.24) is 0 Å². The van der Waals surface area contributed by atoms with Crippen LogP contribution in [0.5, 0.6) is 11.5 Å². The summed E-state index contributed by atoms with van der Waals surface area (Å²) < 4.78 is 11.6. The van der Waals surface area contributed by atoms with Gasteiger partial charge in [-0.1, -0.05) is 13.8 Å². The molecular formula is C22H26N2O2S. The highest BCUT2D eigenvalue weighted by Gasteiger charge is 2.20. The van der Waals surface area contributed by atoms with Gasteiger partial charge in [0.05, 0.1) is 18.8 Å². The van der Waals surface area contributed by atoms with Crippen LogP contribution >= 0.6 is 11.3 Å². The number of nitriles is 1. The van der Waals surface area contributed by atoms with Gasteiger partial charge >= 0.3 is 0 Å². The Labute approximate surface area is 165 Å². The minimum absolute atomic E-state index is 0.454. The van der Waals surface area contributed by atoms with E-state index in [-0.39, 0.29) is 0 Å². The number of nitrogens with zero attached hydrogens (tertiary/aromatic N) is 2. The van der Waals surface area contributed by atoms with Crippen LogP contribution in [0.1, 0.15) is 55.2 Å². The molecule has 0 bridgehead atoms. The fourth-order valence-corrected chi connectivity index (χ4v) is 4.32. The number of thiophene rings is 1. The van der Waals surface area contributed by atoms with Crippen LogP contribution in [-0.4, -0.2) is 19.4 Å². The second-order valence-electron chi connectivity index (χ2n) is 7.11. The topological polar surface area (TPSA) is 54.6 Å². The van der Waals surface area contributed by atoms with E-state index in [4.69, 9.17) is 9.47 Å². The van der Waals surface area contributed by atoms with Gasteiger partial charge in [0.15, 0.2) is 11.5 Å². The summed E-state index contributed by atoms with van der Waals surface area (Å²) in [5.74, 6) is 1.94. The Morgan fingerprint density at radius 1 is 1.22 bits per heavy atom. The molecule has 0 saturated carbocycles. The zero-order valence-corrected chi connectivity index (χ0v) is 17.1. The van der Waals surface area contributed by atoms with Crippen LogP contribution in [0.4, 0.5) is 5.00 Å². The van der Waals surface area contributed by atoms with E-state index in [2.05, 4.69) is 24.9 Å². The lowest BCUT2D eigenvalue weighted by molar-refractivity contribution is 0.248. The Morgan fingerprint density at radius 2 is 2.04 bits per heavy atom. The third-order valence-corrected chi connectivity index (χ3v) is 5.63. The van der Waals surface area contributed by atoms with E-state index < -0.39 is 0 Å². The summed E-state index contributed by atoms with van der Waals surface area (Å²) in [6.45, 7) is 7.43. The molecule has 2 aromatic rings. The summed E-state index contributed by atoms with van der Waals surface area (Å²) in [6, 6.07) is 8.21. The zero-order valence-electron chi connectivity index (χ0n) is 16.2. The molecule has 1 heterocycles. The first-order valence-electron chi connectivity index (χ1n) is 9.60. The zero-order chi connectivity index (χ0) is 19.2. The first kappa shape index (κ1) is 19.4. The molecule has 0 aliphatic heterocycles. The molecule has 0 radical (unpaired) electrons. The molecule has 0 N–H and O–H groups in total. The molecule has 1 aromatic carbocycles. The largest absolute Gasteiger partial charge is 0.490 e. The van der Waals surface area contributed by atoms with Crippen LogP contribution in [-0.2, 0) is 12.8 Å². The van der Waals surface area contributed by atoms with Crippen LogP contribution in [0.15, 0.2) is 23.2 Å². The number of hydrogen-bond donors (Lipinski definition) is 0. The molecule has 0 fully saturated rings. The fraction of sp³-hybridized carbons (Fsp3) is 0.455. The maximum absolute atomic E-state index is 9.56. The van der Waals surface area contributed by atoms with Gasteiger partial charge in [-0.3, -0.25) is 0 Å². The number of rotatable bonds is 7. The lowest BCUT2D eigenvalue weighted by Crippen LogP contribution is -2.06.